The maximum Gasteiger partial charge on any atom is 0.230 e. The van der Waals surface area contributed by atoms with Crippen molar-refractivity contribution in [3.05, 3.63) is 34.2 Å². The Morgan fingerprint density at radius 2 is 2.38 bits per heavy atom. The molecule has 1 atom stereocenters. The minimum absolute atomic E-state index is 0.125. The van der Waals surface area contributed by atoms with Gasteiger partial charge in [-0.1, -0.05) is 5.16 Å². The highest BCUT2D eigenvalue weighted by Crippen LogP contribution is 2.20. The number of amides is 1. The molecule has 0 saturated carbocycles. The molecule has 0 radical (unpaired) electrons. The first kappa shape index (κ1) is 18.3. The fourth-order valence-electron chi connectivity index (χ4n) is 2.38. The third-order valence-corrected chi connectivity index (χ3v) is 4.34. The zero-order valence-electron chi connectivity index (χ0n) is 13.5. The van der Waals surface area contributed by atoms with Crippen LogP contribution in [0, 0.1) is 11.7 Å². The minimum Gasteiger partial charge on any atom is -0.316 e. The summed E-state index contributed by atoms with van der Waals surface area (Å²) in [6.07, 6.45) is 2.99. The second kappa shape index (κ2) is 8.72. The van der Waals surface area contributed by atoms with E-state index >= 15 is 0 Å². The fraction of sp³-hybridized carbons (Fsp3) is 0.333. The van der Waals surface area contributed by atoms with Crippen LogP contribution < -0.4 is 16.1 Å². The molecule has 9 nitrogen and oxygen atoms in total. The summed E-state index contributed by atoms with van der Waals surface area (Å²) in [6, 6.07) is 4.25. The molecule has 26 heavy (non-hydrogen) atoms. The number of carbonyl (C=O) groups excluding carboxylic acids is 1. The average Bonchev–Trinajstić information content (AvgIpc) is 3.09. The summed E-state index contributed by atoms with van der Waals surface area (Å²) in [4.78, 5) is 17.1. The van der Waals surface area contributed by atoms with Crippen molar-refractivity contribution in [1.82, 2.24) is 15.6 Å². The van der Waals surface area contributed by atoms with Gasteiger partial charge in [-0.2, -0.15) is 5.48 Å². The first-order chi connectivity index (χ1) is 12.6. The predicted molar refractivity (Wildman–Crippen MR) is 94.9 cm³/mol. The smallest absolute Gasteiger partial charge is 0.230 e. The van der Waals surface area contributed by atoms with Gasteiger partial charge in [0.05, 0.1) is 16.1 Å². The van der Waals surface area contributed by atoms with Crippen LogP contribution >= 0.6 is 15.9 Å². The molecule has 3 N–H and O–H groups in total. The van der Waals surface area contributed by atoms with E-state index in [1.54, 1.807) is 0 Å². The van der Waals surface area contributed by atoms with E-state index in [1.807, 2.05) is 0 Å². The van der Waals surface area contributed by atoms with Crippen LogP contribution in [0.4, 0.5) is 15.9 Å². The molecular weight excluding hydrogens is 411 g/mol. The number of hydrogen-bond donors (Lipinski definition) is 3. The van der Waals surface area contributed by atoms with Crippen molar-refractivity contribution in [2.24, 2.45) is 11.1 Å². The molecule has 1 aliphatic rings. The summed E-state index contributed by atoms with van der Waals surface area (Å²) >= 11 is 3.07. The molecule has 1 aliphatic heterocycles. The lowest BCUT2D eigenvalue weighted by Gasteiger charge is -2.21. The predicted octanol–water partition coefficient (Wildman–Crippen LogP) is 2.29. The molecule has 1 unspecified atom stereocenters. The summed E-state index contributed by atoms with van der Waals surface area (Å²) < 4.78 is 18.1. The second-order valence-corrected chi connectivity index (χ2v) is 6.44. The van der Waals surface area contributed by atoms with Crippen LogP contribution in [-0.4, -0.2) is 35.5 Å². The van der Waals surface area contributed by atoms with Gasteiger partial charge in [-0.15, -0.1) is 0 Å². The maximum absolute atomic E-state index is 13.1. The van der Waals surface area contributed by atoms with Crippen molar-refractivity contribution in [2.45, 2.75) is 12.8 Å². The van der Waals surface area contributed by atoms with Crippen LogP contribution in [0.1, 0.15) is 18.5 Å². The molecule has 0 bridgehead atoms. The Bertz CT molecular complexity index is 793. The van der Waals surface area contributed by atoms with Crippen LogP contribution in [0.2, 0.25) is 0 Å². The molecule has 11 heteroatoms. The quantitative estimate of drug-likeness (QED) is 0.479. The number of nitrogens with zero attached hydrogens (tertiary/aromatic N) is 3. The highest BCUT2D eigenvalue weighted by Gasteiger charge is 2.23. The molecule has 2 aromatic rings. The Labute approximate surface area is 156 Å². The molecular formula is C15H16BrFN6O3. The maximum atomic E-state index is 13.1. The summed E-state index contributed by atoms with van der Waals surface area (Å²) in [5, 5.41) is 16.8. The van der Waals surface area contributed by atoms with Crippen LogP contribution in [0.5, 0.6) is 0 Å². The molecule has 2 heterocycles. The molecule has 3 rings (SSSR count). The minimum atomic E-state index is -0.388. The lowest BCUT2D eigenvalue weighted by molar-refractivity contribution is -0.120. The number of piperidine rings is 1. The highest BCUT2D eigenvalue weighted by atomic mass is 79.9. The standard InChI is InChI=1S/C15H16BrFN6O3/c16-11-6-10(3-4-12(11)17)21-25-19-8-13-14(23-26-22-13)20-15(24)9-2-1-5-18-7-9/h3-4,6,8-9,18,21H,1-2,5,7H2,(H,20,23,24)/b19-8+. The largest absolute Gasteiger partial charge is 0.316 e. The van der Waals surface area contributed by atoms with Crippen LogP contribution in [0.3, 0.4) is 0 Å². The van der Waals surface area contributed by atoms with Crippen LogP contribution in [0.15, 0.2) is 32.5 Å². The number of nitrogens with one attached hydrogen (secondary N) is 3. The van der Waals surface area contributed by atoms with E-state index in [2.05, 4.69) is 52.1 Å². The van der Waals surface area contributed by atoms with Crippen LogP contribution in [-0.2, 0) is 9.73 Å². The van der Waals surface area contributed by atoms with Crippen molar-refractivity contribution >= 4 is 39.6 Å². The lowest BCUT2D eigenvalue weighted by atomic mass is 9.99. The number of halogens is 2. The fourth-order valence-corrected chi connectivity index (χ4v) is 2.75. The van der Waals surface area contributed by atoms with E-state index in [9.17, 15) is 9.18 Å². The van der Waals surface area contributed by atoms with E-state index < -0.39 is 0 Å². The number of carbonyl (C=O) groups is 1. The molecule has 1 saturated heterocycles. The van der Waals surface area contributed by atoms with Gasteiger partial charge in [0.1, 0.15) is 12.0 Å². The molecule has 138 valence electrons. The number of aromatic nitrogens is 2. The third-order valence-electron chi connectivity index (χ3n) is 3.73. The summed E-state index contributed by atoms with van der Waals surface area (Å²) in [6.45, 7) is 1.54. The second-order valence-electron chi connectivity index (χ2n) is 5.59. The van der Waals surface area contributed by atoms with Crippen molar-refractivity contribution in [2.75, 3.05) is 23.9 Å². The molecule has 1 fully saturated rings. The van der Waals surface area contributed by atoms with Gasteiger partial charge in [0, 0.05) is 6.54 Å². The molecule has 0 spiro atoms. The molecule has 1 amide bonds. The molecule has 1 aromatic carbocycles. The lowest BCUT2D eigenvalue weighted by Crippen LogP contribution is -2.37. The van der Waals surface area contributed by atoms with Crippen molar-refractivity contribution < 1.29 is 18.8 Å². The SMILES string of the molecule is O=C(Nc1nonc1/C=N/ONc1ccc(F)c(Br)c1)C1CCCNC1. The monoisotopic (exact) mass is 426 g/mol. The van der Waals surface area contributed by atoms with Gasteiger partial charge in [0.25, 0.3) is 0 Å². The van der Waals surface area contributed by atoms with Crippen LogP contribution in [0.25, 0.3) is 0 Å². The highest BCUT2D eigenvalue weighted by molar-refractivity contribution is 9.10. The van der Waals surface area contributed by atoms with Gasteiger partial charge in [0.2, 0.25) is 11.7 Å². The Morgan fingerprint density at radius 3 is 3.15 bits per heavy atom. The van der Waals surface area contributed by atoms with E-state index in [4.69, 9.17) is 4.94 Å². The zero-order valence-corrected chi connectivity index (χ0v) is 15.1. The van der Waals surface area contributed by atoms with E-state index in [0.717, 1.165) is 19.4 Å². The number of oxime groups is 1. The van der Waals surface area contributed by atoms with Gasteiger partial charge in [-0.05, 0) is 63.8 Å². The number of hydrogen-bond acceptors (Lipinski definition) is 8. The Hall–Kier alpha value is -2.53. The summed E-state index contributed by atoms with van der Waals surface area (Å²) in [7, 11) is 0. The van der Waals surface area contributed by atoms with Crippen molar-refractivity contribution in [3.8, 4) is 0 Å². The molecule has 1 aromatic heterocycles. The molecule has 0 aliphatic carbocycles. The zero-order chi connectivity index (χ0) is 18.4. The van der Waals surface area contributed by atoms with E-state index in [0.29, 0.717) is 12.2 Å². The van der Waals surface area contributed by atoms with Crippen molar-refractivity contribution in [3.63, 3.8) is 0 Å². The average molecular weight is 427 g/mol. The summed E-state index contributed by atoms with van der Waals surface area (Å²) in [5.74, 6) is -0.503. The number of benzene rings is 1. The van der Waals surface area contributed by atoms with Crippen molar-refractivity contribution in [1.29, 1.82) is 0 Å². The Morgan fingerprint density at radius 1 is 1.50 bits per heavy atom. The Kier molecular flexibility index (Phi) is 6.12. The first-order valence-electron chi connectivity index (χ1n) is 7.88. The van der Waals surface area contributed by atoms with E-state index in [1.165, 1.54) is 24.4 Å². The van der Waals surface area contributed by atoms with Gasteiger partial charge in [-0.25, -0.2) is 9.02 Å². The van der Waals surface area contributed by atoms with Gasteiger partial charge in [-0.3, -0.25) is 9.73 Å². The topological polar surface area (TPSA) is 114 Å². The number of rotatable bonds is 6. The van der Waals surface area contributed by atoms with Gasteiger partial charge >= 0.3 is 0 Å². The normalized spacial score (nSPS) is 17.2. The van der Waals surface area contributed by atoms with E-state index in [-0.39, 0.29) is 33.6 Å². The Balaban J connectivity index is 1.53. The summed E-state index contributed by atoms with van der Waals surface area (Å²) in [5.41, 5.74) is 3.22. The van der Waals surface area contributed by atoms with Gasteiger partial charge in [0.15, 0.2) is 5.69 Å². The number of anilines is 2. The van der Waals surface area contributed by atoms with Gasteiger partial charge < -0.3 is 10.6 Å². The third kappa shape index (κ3) is 4.76. The first-order valence-corrected chi connectivity index (χ1v) is 8.67.